The Labute approximate surface area is 173 Å². The van der Waals surface area contributed by atoms with Gasteiger partial charge in [0.05, 0.1) is 11.1 Å². The molecule has 0 amide bonds. The Kier molecular flexibility index (Phi) is 4.90. The standard InChI is InChI=1S/C21H20N4O4S/c1-13(2)7-6-12-25-20-14(8-5-11-22-20)18(26)17(21(25)27)19-23-15-9-3-4-10-16(15)30(28,29)24-19/h3-5,7-11,26H,6,12H2,1-2H3,(H,23,24). The molecule has 1 aromatic carbocycles. The van der Waals surface area contributed by atoms with Crippen LogP contribution in [-0.2, 0) is 16.6 Å². The molecule has 0 atom stereocenters. The van der Waals surface area contributed by atoms with Crippen LogP contribution in [0.1, 0.15) is 25.8 Å². The number of rotatable bonds is 4. The molecule has 30 heavy (non-hydrogen) atoms. The summed E-state index contributed by atoms with van der Waals surface area (Å²) in [5, 5.41) is 14.1. The van der Waals surface area contributed by atoms with Gasteiger partial charge in [-0.05, 0) is 44.5 Å². The van der Waals surface area contributed by atoms with Crippen LogP contribution in [0.25, 0.3) is 11.0 Å². The molecule has 3 heterocycles. The topological polar surface area (TPSA) is 114 Å². The number of aryl methyl sites for hydroxylation is 1. The van der Waals surface area contributed by atoms with Crippen LogP contribution in [0.4, 0.5) is 5.69 Å². The number of anilines is 1. The average Bonchev–Trinajstić information content (AvgIpc) is 2.70. The molecule has 154 valence electrons. The van der Waals surface area contributed by atoms with Gasteiger partial charge in [-0.2, -0.15) is 8.42 Å². The summed E-state index contributed by atoms with van der Waals surface area (Å²) in [6.07, 6.45) is 4.11. The zero-order valence-corrected chi connectivity index (χ0v) is 17.3. The normalized spacial score (nSPS) is 14.5. The molecule has 8 nitrogen and oxygen atoms in total. The zero-order chi connectivity index (χ0) is 21.5. The van der Waals surface area contributed by atoms with Crippen molar-refractivity contribution in [2.75, 3.05) is 5.32 Å². The number of fused-ring (bicyclic) bond motifs is 2. The summed E-state index contributed by atoms with van der Waals surface area (Å²) in [5.74, 6) is -0.569. The minimum Gasteiger partial charge on any atom is -0.506 e. The van der Waals surface area contributed by atoms with Gasteiger partial charge in [0.25, 0.3) is 15.6 Å². The molecule has 3 aromatic rings. The Morgan fingerprint density at radius 1 is 1.20 bits per heavy atom. The molecule has 2 aromatic heterocycles. The van der Waals surface area contributed by atoms with Crippen molar-refractivity contribution in [3.8, 4) is 5.75 Å². The lowest BCUT2D eigenvalue weighted by Gasteiger charge is -2.20. The number of aromatic hydroxyl groups is 1. The molecule has 1 aliphatic heterocycles. The van der Waals surface area contributed by atoms with Crippen LogP contribution >= 0.6 is 0 Å². The van der Waals surface area contributed by atoms with E-state index in [0.717, 1.165) is 5.57 Å². The molecule has 0 unspecified atom stereocenters. The van der Waals surface area contributed by atoms with Crippen molar-refractivity contribution in [3.63, 3.8) is 0 Å². The van der Waals surface area contributed by atoms with E-state index in [2.05, 4.69) is 14.7 Å². The van der Waals surface area contributed by atoms with Crippen molar-refractivity contribution in [2.24, 2.45) is 4.40 Å². The second-order valence-electron chi connectivity index (χ2n) is 7.16. The van der Waals surface area contributed by atoms with Gasteiger partial charge in [0.2, 0.25) is 0 Å². The summed E-state index contributed by atoms with van der Waals surface area (Å²) >= 11 is 0. The highest BCUT2D eigenvalue weighted by Crippen LogP contribution is 2.31. The smallest absolute Gasteiger partial charge is 0.286 e. The largest absolute Gasteiger partial charge is 0.506 e. The van der Waals surface area contributed by atoms with E-state index in [1.54, 1.807) is 30.3 Å². The predicted octanol–water partition coefficient (Wildman–Crippen LogP) is 3.02. The first-order valence-corrected chi connectivity index (χ1v) is 10.8. The highest BCUT2D eigenvalue weighted by atomic mass is 32.2. The summed E-state index contributed by atoms with van der Waals surface area (Å²) in [6.45, 7) is 4.25. The Balaban J connectivity index is 1.95. The number of hydrogen-bond donors (Lipinski definition) is 2. The maximum atomic E-state index is 13.3. The van der Waals surface area contributed by atoms with E-state index in [0.29, 0.717) is 29.7 Å². The number of pyridine rings is 2. The first kappa shape index (κ1) is 19.8. The summed E-state index contributed by atoms with van der Waals surface area (Å²) in [6, 6.07) is 9.54. The van der Waals surface area contributed by atoms with E-state index in [-0.39, 0.29) is 22.0 Å². The first-order valence-electron chi connectivity index (χ1n) is 9.35. The highest BCUT2D eigenvalue weighted by molar-refractivity contribution is 7.90. The van der Waals surface area contributed by atoms with Gasteiger partial charge < -0.3 is 10.4 Å². The highest BCUT2D eigenvalue weighted by Gasteiger charge is 2.29. The van der Waals surface area contributed by atoms with Crippen LogP contribution in [-0.4, -0.2) is 28.9 Å². The molecule has 0 fully saturated rings. The third-order valence-electron chi connectivity index (χ3n) is 4.76. The van der Waals surface area contributed by atoms with E-state index in [1.165, 1.54) is 16.8 Å². The van der Waals surface area contributed by atoms with E-state index >= 15 is 0 Å². The first-order chi connectivity index (χ1) is 14.3. The van der Waals surface area contributed by atoms with Gasteiger partial charge in [0, 0.05) is 12.7 Å². The fraction of sp³-hybridized carbons (Fsp3) is 0.190. The van der Waals surface area contributed by atoms with Crippen molar-refractivity contribution in [1.82, 2.24) is 9.55 Å². The van der Waals surface area contributed by atoms with Crippen LogP contribution in [0.3, 0.4) is 0 Å². The third-order valence-corrected chi connectivity index (χ3v) is 6.10. The number of nitrogens with zero attached hydrogens (tertiary/aromatic N) is 3. The van der Waals surface area contributed by atoms with Gasteiger partial charge in [-0.3, -0.25) is 9.36 Å². The Hall–Kier alpha value is -3.46. The summed E-state index contributed by atoms with van der Waals surface area (Å²) in [4.78, 5) is 17.6. The van der Waals surface area contributed by atoms with Gasteiger partial charge in [-0.1, -0.05) is 23.8 Å². The molecule has 0 saturated carbocycles. The third kappa shape index (κ3) is 3.37. The number of para-hydroxylation sites is 1. The fourth-order valence-electron chi connectivity index (χ4n) is 3.39. The maximum absolute atomic E-state index is 13.3. The lowest BCUT2D eigenvalue weighted by molar-refractivity contribution is 0.477. The Morgan fingerprint density at radius 2 is 1.97 bits per heavy atom. The van der Waals surface area contributed by atoms with Crippen LogP contribution in [0.5, 0.6) is 5.75 Å². The molecule has 0 saturated heterocycles. The molecule has 2 N–H and O–H groups in total. The minimum atomic E-state index is -4.03. The lowest BCUT2D eigenvalue weighted by Crippen LogP contribution is -2.33. The van der Waals surface area contributed by atoms with Gasteiger partial charge in [0.15, 0.2) is 5.84 Å². The van der Waals surface area contributed by atoms with E-state index in [9.17, 15) is 18.3 Å². The van der Waals surface area contributed by atoms with E-state index in [1.807, 2.05) is 19.9 Å². The molecule has 9 heteroatoms. The fourth-order valence-corrected chi connectivity index (χ4v) is 4.51. The number of amidine groups is 1. The van der Waals surface area contributed by atoms with E-state index in [4.69, 9.17) is 0 Å². The van der Waals surface area contributed by atoms with Crippen LogP contribution in [0.15, 0.2) is 68.3 Å². The predicted molar refractivity (Wildman–Crippen MR) is 116 cm³/mol. The van der Waals surface area contributed by atoms with Crippen molar-refractivity contribution < 1.29 is 13.5 Å². The molecule has 1 aliphatic rings. The zero-order valence-electron chi connectivity index (χ0n) is 16.5. The average molecular weight is 424 g/mol. The van der Waals surface area contributed by atoms with Crippen molar-refractivity contribution in [1.29, 1.82) is 0 Å². The lowest BCUT2D eigenvalue weighted by atomic mass is 10.1. The minimum absolute atomic E-state index is 0.0135. The van der Waals surface area contributed by atoms with Crippen molar-refractivity contribution in [2.45, 2.75) is 31.7 Å². The van der Waals surface area contributed by atoms with Crippen molar-refractivity contribution in [3.05, 3.63) is 70.2 Å². The molecule has 0 spiro atoms. The monoisotopic (exact) mass is 424 g/mol. The van der Waals surface area contributed by atoms with Crippen LogP contribution in [0.2, 0.25) is 0 Å². The number of hydrogen-bond acceptors (Lipinski definition) is 6. The number of aromatic nitrogens is 2. The molecule has 4 rings (SSSR count). The number of allylic oxidation sites excluding steroid dienone is 2. The number of nitrogens with one attached hydrogen (secondary N) is 1. The Bertz CT molecular complexity index is 1380. The number of benzene rings is 1. The van der Waals surface area contributed by atoms with Crippen LogP contribution in [0, 0.1) is 0 Å². The van der Waals surface area contributed by atoms with Gasteiger partial charge in [0.1, 0.15) is 21.9 Å². The number of sulfonamides is 1. The van der Waals surface area contributed by atoms with E-state index < -0.39 is 15.6 Å². The maximum Gasteiger partial charge on any atom is 0.286 e. The molecule has 0 bridgehead atoms. The van der Waals surface area contributed by atoms with Gasteiger partial charge >= 0.3 is 0 Å². The Morgan fingerprint density at radius 3 is 2.73 bits per heavy atom. The summed E-state index contributed by atoms with van der Waals surface area (Å²) in [7, 11) is -4.03. The second-order valence-corrected chi connectivity index (χ2v) is 8.73. The quantitative estimate of drug-likeness (QED) is 0.623. The molecular weight excluding hydrogens is 404 g/mol. The van der Waals surface area contributed by atoms with Gasteiger partial charge in [-0.25, -0.2) is 4.98 Å². The summed E-state index contributed by atoms with van der Waals surface area (Å²) in [5.41, 5.74) is 0.960. The van der Waals surface area contributed by atoms with Gasteiger partial charge in [-0.15, -0.1) is 4.40 Å². The summed E-state index contributed by atoms with van der Waals surface area (Å²) < 4.78 is 30.5. The van der Waals surface area contributed by atoms with Crippen molar-refractivity contribution >= 4 is 32.6 Å². The molecule has 0 aliphatic carbocycles. The molecule has 0 radical (unpaired) electrons. The van der Waals surface area contributed by atoms with Crippen LogP contribution < -0.4 is 10.9 Å². The SMILES string of the molecule is CC(C)=CCCn1c(=O)c(C2=NS(=O)(=O)c3ccccc3N2)c(O)c2cccnc21. The molecular formula is C21H20N4O4S. The second kappa shape index (κ2) is 7.42.